The van der Waals surface area contributed by atoms with Crippen molar-refractivity contribution in [3.63, 3.8) is 0 Å². The Hall–Kier alpha value is -2.60. The summed E-state index contributed by atoms with van der Waals surface area (Å²) in [5, 5.41) is 9.74. The molecule has 2 aromatic rings. The van der Waals surface area contributed by atoms with E-state index in [4.69, 9.17) is 14.2 Å². The van der Waals surface area contributed by atoms with Crippen molar-refractivity contribution >= 4 is 5.97 Å². The Balaban J connectivity index is 1.79. The van der Waals surface area contributed by atoms with Gasteiger partial charge in [-0.25, -0.2) is 9.18 Å². The number of fused-ring (bicyclic) bond motifs is 1. The van der Waals surface area contributed by atoms with Crippen LogP contribution in [0.15, 0.2) is 30.3 Å². The van der Waals surface area contributed by atoms with E-state index >= 15 is 0 Å². The molecular weight excluding hydrogens is 303 g/mol. The molecule has 5 nitrogen and oxygen atoms in total. The van der Waals surface area contributed by atoms with Gasteiger partial charge in [-0.15, -0.1) is 0 Å². The maximum Gasteiger partial charge on any atom is 0.342 e. The lowest BCUT2D eigenvalue weighted by atomic mass is 10.1. The molecule has 0 saturated carbocycles. The van der Waals surface area contributed by atoms with E-state index < -0.39 is 11.8 Å². The van der Waals surface area contributed by atoms with Gasteiger partial charge in [0.05, 0.1) is 6.61 Å². The van der Waals surface area contributed by atoms with Crippen LogP contribution in [0, 0.1) is 12.7 Å². The summed E-state index contributed by atoms with van der Waals surface area (Å²) in [6.07, 6.45) is 0. The average molecular weight is 318 g/mol. The van der Waals surface area contributed by atoms with E-state index in [1.165, 1.54) is 24.3 Å². The number of hydrogen-bond acceptors (Lipinski definition) is 5. The van der Waals surface area contributed by atoms with Gasteiger partial charge in [0.15, 0.2) is 6.79 Å². The molecule has 2 aromatic carbocycles. The Kier molecular flexibility index (Phi) is 4.16. The van der Waals surface area contributed by atoms with E-state index in [1.807, 2.05) is 0 Å². The van der Waals surface area contributed by atoms with Crippen molar-refractivity contribution in [2.24, 2.45) is 0 Å². The summed E-state index contributed by atoms with van der Waals surface area (Å²) in [5.41, 5.74) is 1.88. The number of aryl methyl sites for hydroxylation is 1. The molecule has 0 unspecified atom stereocenters. The minimum Gasteiger partial charge on any atom is -0.507 e. The number of rotatable bonds is 3. The largest absolute Gasteiger partial charge is 0.507 e. The molecule has 1 aliphatic heterocycles. The number of phenols is 1. The van der Waals surface area contributed by atoms with Crippen LogP contribution in [0.3, 0.4) is 0 Å². The van der Waals surface area contributed by atoms with Crippen LogP contribution in [-0.4, -0.2) is 17.9 Å². The first-order chi connectivity index (χ1) is 11.0. The van der Waals surface area contributed by atoms with Gasteiger partial charge in [0.2, 0.25) is 0 Å². The summed E-state index contributed by atoms with van der Waals surface area (Å²) in [7, 11) is 0. The van der Waals surface area contributed by atoms with Gasteiger partial charge >= 0.3 is 5.97 Å². The SMILES string of the molecule is Cc1ccc(O)c(C(=O)OCc2cc(F)cc3c2OCOC3)c1. The maximum absolute atomic E-state index is 13.6. The molecule has 0 bridgehead atoms. The Morgan fingerprint density at radius 3 is 3.00 bits per heavy atom. The van der Waals surface area contributed by atoms with Crippen molar-refractivity contribution in [3.05, 3.63) is 58.4 Å². The zero-order chi connectivity index (χ0) is 16.4. The zero-order valence-corrected chi connectivity index (χ0v) is 12.5. The number of ether oxygens (including phenoxy) is 3. The fourth-order valence-electron chi connectivity index (χ4n) is 2.40. The monoisotopic (exact) mass is 318 g/mol. The third kappa shape index (κ3) is 3.27. The van der Waals surface area contributed by atoms with Crippen LogP contribution in [0.25, 0.3) is 0 Å². The van der Waals surface area contributed by atoms with E-state index in [2.05, 4.69) is 0 Å². The van der Waals surface area contributed by atoms with Gasteiger partial charge in [-0.2, -0.15) is 0 Å². The molecule has 0 spiro atoms. The number of esters is 1. The van der Waals surface area contributed by atoms with Gasteiger partial charge < -0.3 is 19.3 Å². The van der Waals surface area contributed by atoms with Crippen molar-refractivity contribution < 1.29 is 28.5 Å². The van der Waals surface area contributed by atoms with Crippen molar-refractivity contribution in [2.45, 2.75) is 20.1 Å². The molecule has 0 radical (unpaired) electrons. The summed E-state index contributed by atoms with van der Waals surface area (Å²) in [5.74, 6) is -0.830. The maximum atomic E-state index is 13.6. The molecule has 1 aliphatic rings. The van der Waals surface area contributed by atoms with Crippen molar-refractivity contribution in [2.75, 3.05) is 6.79 Å². The Bertz CT molecular complexity index is 757. The van der Waals surface area contributed by atoms with Gasteiger partial charge in [0, 0.05) is 11.1 Å². The highest BCUT2D eigenvalue weighted by Gasteiger charge is 2.19. The standard InChI is InChI=1S/C17H15FO5/c1-10-2-3-15(19)14(4-10)17(20)22-8-12-6-13(18)5-11-7-21-9-23-16(11)12/h2-6,19H,7-9H2,1H3. The van der Waals surface area contributed by atoms with E-state index in [-0.39, 0.29) is 31.3 Å². The minimum atomic E-state index is -0.684. The summed E-state index contributed by atoms with van der Waals surface area (Å²) >= 11 is 0. The number of phenolic OH excluding ortho intramolecular Hbond substituents is 1. The Morgan fingerprint density at radius 2 is 2.17 bits per heavy atom. The molecule has 1 N–H and O–H groups in total. The van der Waals surface area contributed by atoms with Gasteiger partial charge in [0.25, 0.3) is 0 Å². The van der Waals surface area contributed by atoms with Crippen LogP contribution in [0.4, 0.5) is 4.39 Å². The molecule has 1 heterocycles. The van der Waals surface area contributed by atoms with E-state index in [9.17, 15) is 14.3 Å². The molecule has 0 aliphatic carbocycles. The van der Waals surface area contributed by atoms with Crippen LogP contribution in [0.5, 0.6) is 11.5 Å². The van der Waals surface area contributed by atoms with Gasteiger partial charge in [-0.3, -0.25) is 0 Å². The van der Waals surface area contributed by atoms with Gasteiger partial charge in [-0.05, 0) is 31.2 Å². The normalized spacial score (nSPS) is 13.1. The third-order valence-corrected chi connectivity index (χ3v) is 3.48. The van der Waals surface area contributed by atoms with Crippen LogP contribution >= 0.6 is 0 Å². The molecule has 0 amide bonds. The molecule has 6 heteroatoms. The second-order valence-electron chi connectivity index (χ2n) is 5.26. The number of hydrogen-bond donors (Lipinski definition) is 1. The van der Waals surface area contributed by atoms with E-state index in [0.717, 1.165) is 5.56 Å². The van der Waals surface area contributed by atoms with Gasteiger partial charge in [-0.1, -0.05) is 11.6 Å². The number of benzene rings is 2. The van der Waals surface area contributed by atoms with Gasteiger partial charge in [0.1, 0.15) is 29.5 Å². The Labute approximate surface area is 132 Å². The first-order valence-electron chi connectivity index (χ1n) is 7.03. The third-order valence-electron chi connectivity index (χ3n) is 3.48. The number of aromatic hydroxyl groups is 1. The molecule has 3 rings (SSSR count). The Morgan fingerprint density at radius 1 is 1.35 bits per heavy atom. The fourth-order valence-corrected chi connectivity index (χ4v) is 2.40. The molecule has 0 fully saturated rings. The molecule has 0 saturated heterocycles. The highest BCUT2D eigenvalue weighted by atomic mass is 19.1. The van der Waals surface area contributed by atoms with E-state index in [0.29, 0.717) is 16.9 Å². The first kappa shape index (κ1) is 15.3. The van der Waals surface area contributed by atoms with Crippen LogP contribution in [0.2, 0.25) is 0 Å². The zero-order valence-electron chi connectivity index (χ0n) is 12.5. The highest BCUT2D eigenvalue weighted by molar-refractivity contribution is 5.92. The van der Waals surface area contributed by atoms with Crippen LogP contribution < -0.4 is 4.74 Å². The van der Waals surface area contributed by atoms with Crippen molar-refractivity contribution in [1.82, 2.24) is 0 Å². The lowest BCUT2D eigenvalue weighted by molar-refractivity contribution is -0.0183. The average Bonchev–Trinajstić information content (AvgIpc) is 2.54. The summed E-state index contributed by atoms with van der Waals surface area (Å²) < 4.78 is 29.3. The smallest absolute Gasteiger partial charge is 0.342 e. The quantitative estimate of drug-likeness (QED) is 0.881. The number of halogens is 1. The van der Waals surface area contributed by atoms with Crippen molar-refractivity contribution in [3.8, 4) is 11.5 Å². The minimum absolute atomic E-state index is 0.0677. The second-order valence-corrected chi connectivity index (χ2v) is 5.26. The molecule has 23 heavy (non-hydrogen) atoms. The highest BCUT2D eigenvalue weighted by Crippen LogP contribution is 2.30. The molecule has 120 valence electrons. The van der Waals surface area contributed by atoms with Crippen molar-refractivity contribution in [1.29, 1.82) is 0 Å². The summed E-state index contributed by atoms with van der Waals surface area (Å²) in [6.45, 7) is 1.95. The van der Waals surface area contributed by atoms with E-state index in [1.54, 1.807) is 13.0 Å². The molecule has 0 aromatic heterocycles. The predicted octanol–water partition coefficient (Wildman–Crippen LogP) is 3.06. The molecule has 0 atom stereocenters. The lowest BCUT2D eigenvalue weighted by Gasteiger charge is -2.20. The summed E-state index contributed by atoms with van der Waals surface area (Å²) in [4.78, 5) is 12.1. The van der Waals surface area contributed by atoms with Crippen LogP contribution in [0.1, 0.15) is 27.0 Å². The second kappa shape index (κ2) is 6.26. The summed E-state index contributed by atoms with van der Waals surface area (Å²) in [6, 6.07) is 7.22. The fraction of sp³-hybridized carbons (Fsp3) is 0.235. The number of carbonyl (C=O) groups excluding carboxylic acids is 1. The van der Waals surface area contributed by atoms with Crippen LogP contribution in [-0.2, 0) is 22.7 Å². The molecular formula is C17H15FO5. The lowest BCUT2D eigenvalue weighted by Crippen LogP contribution is -2.15. The predicted molar refractivity (Wildman–Crippen MR) is 78.6 cm³/mol. The topological polar surface area (TPSA) is 65.0 Å². The number of carbonyl (C=O) groups is 1. The first-order valence-corrected chi connectivity index (χ1v) is 7.03.